The van der Waals surface area contributed by atoms with Gasteiger partial charge in [0.15, 0.2) is 11.2 Å². The summed E-state index contributed by atoms with van der Waals surface area (Å²) in [5.74, 6) is 1.63. The standard InChI is InChI=1S/C21H19N9O/c31-12-15-6-14(15)11-29-10-13(8-25-29)5-20-24-9-19-21(26-20)30(28-27-19)16-1-2-17-18(7-16)23-4-3-22-17/h1-4,7-10,14-15,31H,5-6,11-12H2/t14-,15-/m0/s1. The number of hydrogen-bond acceptors (Lipinski definition) is 8. The fourth-order valence-corrected chi connectivity index (χ4v) is 3.88. The monoisotopic (exact) mass is 413 g/mol. The average Bonchev–Trinajstić information content (AvgIpc) is 3.19. The highest BCUT2D eigenvalue weighted by Gasteiger charge is 2.36. The fraction of sp³-hybridized carbons (Fsp3) is 0.286. The van der Waals surface area contributed by atoms with E-state index in [4.69, 9.17) is 4.98 Å². The van der Waals surface area contributed by atoms with E-state index in [2.05, 4.69) is 30.4 Å². The molecule has 4 aromatic heterocycles. The molecule has 1 aliphatic carbocycles. The van der Waals surface area contributed by atoms with Crippen LogP contribution in [0.5, 0.6) is 0 Å². The molecule has 0 unspecified atom stereocenters. The van der Waals surface area contributed by atoms with E-state index in [0.717, 1.165) is 35.2 Å². The number of aromatic nitrogens is 9. The summed E-state index contributed by atoms with van der Waals surface area (Å²) in [6, 6.07) is 5.75. The largest absolute Gasteiger partial charge is 0.396 e. The van der Waals surface area contributed by atoms with Gasteiger partial charge in [-0.2, -0.15) is 9.78 Å². The van der Waals surface area contributed by atoms with Gasteiger partial charge in [-0.05, 0) is 42.0 Å². The van der Waals surface area contributed by atoms with Crippen molar-refractivity contribution in [1.82, 2.24) is 44.7 Å². The molecule has 0 saturated heterocycles. The van der Waals surface area contributed by atoms with Crippen LogP contribution in [-0.4, -0.2) is 56.4 Å². The lowest BCUT2D eigenvalue weighted by Gasteiger charge is -2.04. The molecule has 0 radical (unpaired) electrons. The van der Waals surface area contributed by atoms with Gasteiger partial charge in [0.2, 0.25) is 0 Å². The van der Waals surface area contributed by atoms with Crippen LogP contribution in [-0.2, 0) is 13.0 Å². The SMILES string of the molecule is OC[C@@H]1C[C@H]1Cn1cc(Cc2ncc3nnn(-c4ccc5nccnc5c4)c3n2)cn1. The maximum Gasteiger partial charge on any atom is 0.187 e. The number of aliphatic hydroxyl groups is 1. The molecule has 0 spiro atoms. The topological polar surface area (TPSA) is 120 Å². The van der Waals surface area contributed by atoms with Gasteiger partial charge in [0.25, 0.3) is 0 Å². The Morgan fingerprint density at radius 2 is 1.90 bits per heavy atom. The van der Waals surface area contributed by atoms with E-state index in [0.29, 0.717) is 35.2 Å². The second-order valence-corrected chi connectivity index (χ2v) is 7.91. The van der Waals surface area contributed by atoms with Crippen molar-refractivity contribution in [3.8, 4) is 5.69 Å². The third-order valence-corrected chi connectivity index (χ3v) is 5.71. The third-order valence-electron chi connectivity index (χ3n) is 5.71. The Kier molecular flexibility index (Phi) is 4.17. The van der Waals surface area contributed by atoms with Gasteiger partial charge in [-0.25, -0.2) is 9.97 Å². The predicted octanol–water partition coefficient (Wildman–Crippen LogP) is 1.57. The lowest BCUT2D eigenvalue weighted by atomic mass is 10.2. The molecule has 154 valence electrons. The summed E-state index contributed by atoms with van der Waals surface area (Å²) in [6.07, 6.45) is 10.5. The highest BCUT2D eigenvalue weighted by molar-refractivity contribution is 5.78. The molecule has 0 bridgehead atoms. The van der Waals surface area contributed by atoms with E-state index in [1.165, 1.54) is 0 Å². The molecule has 1 aliphatic rings. The minimum absolute atomic E-state index is 0.262. The molecule has 0 aliphatic heterocycles. The van der Waals surface area contributed by atoms with Crippen molar-refractivity contribution in [3.63, 3.8) is 0 Å². The van der Waals surface area contributed by atoms with Crippen LogP contribution in [0.15, 0.2) is 49.2 Å². The molecule has 0 amide bonds. The highest BCUT2D eigenvalue weighted by Crippen LogP contribution is 2.38. The van der Waals surface area contributed by atoms with Crippen LogP contribution in [0, 0.1) is 11.8 Å². The van der Waals surface area contributed by atoms with Crippen molar-refractivity contribution >= 4 is 22.2 Å². The van der Waals surface area contributed by atoms with E-state index in [1.54, 1.807) is 23.3 Å². The molecule has 10 heteroatoms. The van der Waals surface area contributed by atoms with Crippen LogP contribution in [0.3, 0.4) is 0 Å². The first-order valence-corrected chi connectivity index (χ1v) is 10.2. The van der Waals surface area contributed by atoms with Crippen molar-refractivity contribution < 1.29 is 5.11 Å². The summed E-state index contributed by atoms with van der Waals surface area (Å²) in [5, 5.41) is 22.1. The van der Waals surface area contributed by atoms with Crippen LogP contribution < -0.4 is 0 Å². The van der Waals surface area contributed by atoms with E-state index in [1.807, 2.05) is 35.3 Å². The Bertz CT molecular complexity index is 1390. The normalized spacial score (nSPS) is 18.1. The number of rotatable bonds is 6. The van der Waals surface area contributed by atoms with Crippen LogP contribution in [0.1, 0.15) is 17.8 Å². The molecule has 31 heavy (non-hydrogen) atoms. The van der Waals surface area contributed by atoms with Crippen LogP contribution in [0.4, 0.5) is 0 Å². The molecule has 1 fully saturated rings. The smallest absolute Gasteiger partial charge is 0.187 e. The molecular formula is C21H19N9O. The maximum atomic E-state index is 9.22. The van der Waals surface area contributed by atoms with E-state index >= 15 is 0 Å². The first kappa shape index (κ1) is 18.0. The quantitative estimate of drug-likeness (QED) is 0.445. The Balaban J connectivity index is 1.27. The number of nitrogens with zero attached hydrogens (tertiary/aromatic N) is 9. The number of fused-ring (bicyclic) bond motifs is 2. The molecular weight excluding hydrogens is 394 g/mol. The maximum absolute atomic E-state index is 9.22. The summed E-state index contributed by atoms with van der Waals surface area (Å²) in [7, 11) is 0. The van der Waals surface area contributed by atoms with Gasteiger partial charge in [0.1, 0.15) is 5.82 Å². The molecule has 1 N–H and O–H groups in total. The Hall–Kier alpha value is -3.79. The zero-order valence-corrected chi connectivity index (χ0v) is 16.6. The average molecular weight is 413 g/mol. The van der Waals surface area contributed by atoms with Crippen molar-refractivity contribution in [2.75, 3.05) is 6.61 Å². The molecule has 2 atom stereocenters. The second-order valence-electron chi connectivity index (χ2n) is 7.91. The molecule has 10 nitrogen and oxygen atoms in total. The van der Waals surface area contributed by atoms with E-state index in [9.17, 15) is 5.11 Å². The fourth-order valence-electron chi connectivity index (χ4n) is 3.88. The van der Waals surface area contributed by atoms with Gasteiger partial charge < -0.3 is 5.11 Å². The summed E-state index contributed by atoms with van der Waals surface area (Å²) >= 11 is 0. The van der Waals surface area contributed by atoms with E-state index < -0.39 is 0 Å². The van der Waals surface area contributed by atoms with Crippen molar-refractivity contribution in [3.05, 3.63) is 60.6 Å². The lowest BCUT2D eigenvalue weighted by Crippen LogP contribution is -2.03. The van der Waals surface area contributed by atoms with Gasteiger partial charge in [-0.1, -0.05) is 5.21 Å². The van der Waals surface area contributed by atoms with E-state index in [-0.39, 0.29) is 6.61 Å². The van der Waals surface area contributed by atoms with Crippen molar-refractivity contribution in [2.45, 2.75) is 19.4 Å². The van der Waals surface area contributed by atoms with Crippen molar-refractivity contribution in [1.29, 1.82) is 0 Å². The molecule has 1 aromatic carbocycles. The van der Waals surface area contributed by atoms with Gasteiger partial charge >= 0.3 is 0 Å². The summed E-state index contributed by atoms with van der Waals surface area (Å²) < 4.78 is 3.64. The predicted molar refractivity (Wildman–Crippen MR) is 111 cm³/mol. The van der Waals surface area contributed by atoms with Crippen LogP contribution in [0.25, 0.3) is 27.9 Å². The summed E-state index contributed by atoms with van der Waals surface area (Å²) in [6.45, 7) is 1.10. The Morgan fingerprint density at radius 3 is 2.77 bits per heavy atom. The minimum Gasteiger partial charge on any atom is -0.396 e. The summed E-state index contributed by atoms with van der Waals surface area (Å²) in [4.78, 5) is 17.8. The zero-order chi connectivity index (χ0) is 20.8. The van der Waals surface area contributed by atoms with Crippen LogP contribution >= 0.6 is 0 Å². The molecule has 1 saturated carbocycles. The third kappa shape index (κ3) is 3.40. The van der Waals surface area contributed by atoms with Crippen LogP contribution in [0.2, 0.25) is 0 Å². The first-order chi connectivity index (χ1) is 15.3. The Labute approximate surface area is 176 Å². The van der Waals surface area contributed by atoms with Gasteiger partial charge in [-0.3, -0.25) is 14.6 Å². The number of aliphatic hydroxyl groups excluding tert-OH is 1. The number of hydrogen-bond donors (Lipinski definition) is 1. The molecule has 5 aromatic rings. The number of benzene rings is 1. The summed E-state index contributed by atoms with van der Waals surface area (Å²) in [5.41, 5.74) is 4.73. The van der Waals surface area contributed by atoms with Gasteiger partial charge in [0.05, 0.1) is 29.1 Å². The lowest BCUT2D eigenvalue weighted by molar-refractivity contribution is 0.265. The highest BCUT2D eigenvalue weighted by atomic mass is 16.3. The zero-order valence-electron chi connectivity index (χ0n) is 16.6. The minimum atomic E-state index is 0.262. The van der Waals surface area contributed by atoms with Gasteiger partial charge in [0, 0.05) is 38.2 Å². The second kappa shape index (κ2) is 7.17. The first-order valence-electron chi connectivity index (χ1n) is 10.2. The Morgan fingerprint density at radius 1 is 1.00 bits per heavy atom. The molecule has 4 heterocycles. The molecule has 6 rings (SSSR count). The van der Waals surface area contributed by atoms with Gasteiger partial charge in [-0.15, -0.1) is 5.10 Å². The van der Waals surface area contributed by atoms with Crippen molar-refractivity contribution in [2.24, 2.45) is 11.8 Å².